The molecule has 2 saturated heterocycles. The Morgan fingerprint density at radius 2 is 1.93 bits per heavy atom. The van der Waals surface area contributed by atoms with Gasteiger partial charge in [-0.05, 0) is 38.8 Å². The Bertz CT molecular complexity index is 592. The topological polar surface area (TPSA) is 52.1 Å². The van der Waals surface area contributed by atoms with Crippen LogP contribution in [-0.4, -0.2) is 75.4 Å². The molecule has 2 aliphatic rings. The van der Waals surface area contributed by atoms with E-state index < -0.39 is 0 Å². The van der Waals surface area contributed by atoms with Crippen molar-refractivity contribution in [2.24, 2.45) is 4.99 Å². The van der Waals surface area contributed by atoms with Gasteiger partial charge in [-0.1, -0.05) is 18.2 Å². The van der Waals surface area contributed by atoms with Crippen LogP contribution in [0.4, 0.5) is 5.69 Å². The second-order valence-corrected chi connectivity index (χ2v) is 7.92. The highest BCUT2D eigenvalue weighted by molar-refractivity contribution is 5.79. The van der Waals surface area contributed by atoms with Crippen LogP contribution in [-0.2, 0) is 4.74 Å². The summed E-state index contributed by atoms with van der Waals surface area (Å²) in [6.07, 6.45) is 2.26. The number of anilines is 1. The fourth-order valence-electron chi connectivity index (χ4n) is 3.90. The fourth-order valence-corrected chi connectivity index (χ4v) is 3.90. The minimum Gasteiger partial charge on any atom is -0.373 e. The minimum atomic E-state index is -0.0585. The van der Waals surface area contributed by atoms with E-state index >= 15 is 0 Å². The normalized spacial score (nSPS) is 25.4. The van der Waals surface area contributed by atoms with E-state index in [1.54, 1.807) is 0 Å². The summed E-state index contributed by atoms with van der Waals surface area (Å²) in [7, 11) is 1.83. The van der Waals surface area contributed by atoms with Gasteiger partial charge < -0.3 is 20.3 Å². The van der Waals surface area contributed by atoms with Crippen LogP contribution in [0.2, 0.25) is 0 Å². The molecule has 2 atom stereocenters. The number of benzene rings is 1. The van der Waals surface area contributed by atoms with E-state index in [4.69, 9.17) is 4.74 Å². The van der Waals surface area contributed by atoms with Gasteiger partial charge in [-0.25, -0.2) is 0 Å². The van der Waals surface area contributed by atoms with Crippen LogP contribution in [0.15, 0.2) is 35.3 Å². The molecular weight excluding hydrogens is 338 g/mol. The summed E-state index contributed by atoms with van der Waals surface area (Å²) in [4.78, 5) is 9.39. The second-order valence-electron chi connectivity index (χ2n) is 7.92. The average Bonchev–Trinajstić information content (AvgIpc) is 3.15. The molecule has 0 aliphatic carbocycles. The fraction of sp³-hybridized carbons (Fsp3) is 0.667. The van der Waals surface area contributed by atoms with Gasteiger partial charge in [0.05, 0.1) is 5.60 Å². The lowest BCUT2D eigenvalue weighted by atomic mass is 10.0. The molecule has 2 N–H and O–H groups in total. The van der Waals surface area contributed by atoms with Crippen LogP contribution in [0.5, 0.6) is 0 Å². The summed E-state index contributed by atoms with van der Waals surface area (Å²) < 4.78 is 5.84. The third kappa shape index (κ3) is 5.59. The van der Waals surface area contributed by atoms with E-state index in [0.717, 1.165) is 64.7 Å². The highest BCUT2D eigenvalue weighted by atomic mass is 16.5. The van der Waals surface area contributed by atoms with Gasteiger partial charge in [-0.15, -0.1) is 0 Å². The molecular formula is C21H35N5O. The molecule has 0 bridgehead atoms. The van der Waals surface area contributed by atoms with Crippen LogP contribution in [0, 0.1) is 0 Å². The van der Waals surface area contributed by atoms with Crippen LogP contribution < -0.4 is 15.5 Å². The Labute approximate surface area is 164 Å². The molecule has 6 heteroatoms. The van der Waals surface area contributed by atoms with Gasteiger partial charge in [-0.3, -0.25) is 9.89 Å². The molecule has 0 aromatic heterocycles. The number of piperazine rings is 1. The molecule has 2 unspecified atom stereocenters. The standard InChI is InChI=1S/C21H35N5O/c1-18(16-23-20(22-3)24-17-21(2)10-7-15-27-21)25-11-13-26(14-12-25)19-8-5-4-6-9-19/h4-6,8-9,18H,7,10-17H2,1-3H3,(H2,22,23,24). The number of ether oxygens (including phenoxy) is 1. The smallest absolute Gasteiger partial charge is 0.191 e. The number of nitrogens with zero attached hydrogens (tertiary/aromatic N) is 3. The van der Waals surface area contributed by atoms with Gasteiger partial charge in [-0.2, -0.15) is 0 Å². The van der Waals surface area contributed by atoms with Crippen LogP contribution >= 0.6 is 0 Å². The quantitative estimate of drug-likeness (QED) is 0.590. The number of nitrogens with one attached hydrogen (secondary N) is 2. The van der Waals surface area contributed by atoms with Gasteiger partial charge in [0.1, 0.15) is 0 Å². The van der Waals surface area contributed by atoms with Crippen molar-refractivity contribution in [1.29, 1.82) is 0 Å². The average molecular weight is 374 g/mol. The van der Waals surface area contributed by atoms with Gasteiger partial charge in [0, 0.05) is 64.7 Å². The predicted molar refractivity (Wildman–Crippen MR) is 113 cm³/mol. The third-order valence-corrected chi connectivity index (χ3v) is 5.78. The van der Waals surface area contributed by atoms with E-state index in [0.29, 0.717) is 6.04 Å². The predicted octanol–water partition coefficient (Wildman–Crippen LogP) is 1.93. The molecule has 3 rings (SSSR count). The molecule has 2 fully saturated rings. The Morgan fingerprint density at radius 1 is 1.19 bits per heavy atom. The second kappa shape index (κ2) is 9.42. The molecule has 2 aliphatic heterocycles. The largest absolute Gasteiger partial charge is 0.373 e. The molecule has 0 radical (unpaired) electrons. The van der Waals surface area contributed by atoms with E-state index in [1.807, 2.05) is 7.05 Å². The van der Waals surface area contributed by atoms with E-state index in [9.17, 15) is 0 Å². The third-order valence-electron chi connectivity index (χ3n) is 5.78. The molecule has 6 nitrogen and oxygen atoms in total. The van der Waals surface area contributed by atoms with Crippen molar-refractivity contribution in [3.63, 3.8) is 0 Å². The molecule has 150 valence electrons. The molecule has 1 aromatic carbocycles. The van der Waals surface area contributed by atoms with Gasteiger partial charge in [0.15, 0.2) is 5.96 Å². The summed E-state index contributed by atoms with van der Waals surface area (Å²) in [5.41, 5.74) is 1.27. The number of aliphatic imine (C=N–C) groups is 1. The lowest BCUT2D eigenvalue weighted by molar-refractivity contribution is 0.0242. The van der Waals surface area contributed by atoms with Crippen molar-refractivity contribution in [2.45, 2.75) is 38.3 Å². The number of guanidine groups is 1. The number of hydrogen-bond acceptors (Lipinski definition) is 4. The van der Waals surface area contributed by atoms with Crippen molar-refractivity contribution >= 4 is 11.6 Å². The molecule has 0 amide bonds. The highest BCUT2D eigenvalue weighted by Gasteiger charge is 2.29. The van der Waals surface area contributed by atoms with Gasteiger partial charge in [0.25, 0.3) is 0 Å². The lowest BCUT2D eigenvalue weighted by Gasteiger charge is -2.39. The summed E-state index contributed by atoms with van der Waals surface area (Å²) in [5, 5.41) is 6.90. The maximum absolute atomic E-state index is 5.84. The number of para-hydroxylation sites is 1. The van der Waals surface area contributed by atoms with Crippen molar-refractivity contribution in [3.05, 3.63) is 30.3 Å². The Hall–Kier alpha value is -1.79. The van der Waals surface area contributed by atoms with Crippen molar-refractivity contribution in [3.8, 4) is 0 Å². The monoisotopic (exact) mass is 373 g/mol. The van der Waals surface area contributed by atoms with Gasteiger partial charge >= 0.3 is 0 Å². The van der Waals surface area contributed by atoms with E-state index in [2.05, 4.69) is 69.6 Å². The van der Waals surface area contributed by atoms with Crippen molar-refractivity contribution in [2.75, 3.05) is 57.8 Å². The Balaban J connectivity index is 1.39. The molecule has 1 aromatic rings. The summed E-state index contributed by atoms with van der Waals surface area (Å²) in [6, 6.07) is 11.2. The van der Waals surface area contributed by atoms with Crippen molar-refractivity contribution < 1.29 is 4.74 Å². The SMILES string of the molecule is CN=C(NCC(C)N1CCN(c2ccccc2)CC1)NCC1(C)CCCO1. The summed E-state index contributed by atoms with van der Waals surface area (Å²) in [5.74, 6) is 0.862. The first-order valence-electron chi connectivity index (χ1n) is 10.2. The lowest BCUT2D eigenvalue weighted by Crippen LogP contribution is -2.54. The maximum atomic E-state index is 5.84. The van der Waals surface area contributed by atoms with Crippen LogP contribution in [0.25, 0.3) is 0 Å². The number of hydrogen-bond donors (Lipinski definition) is 2. The highest BCUT2D eigenvalue weighted by Crippen LogP contribution is 2.23. The Kier molecular flexibility index (Phi) is 6.96. The zero-order valence-electron chi connectivity index (χ0n) is 17.1. The first-order chi connectivity index (χ1) is 13.1. The summed E-state index contributed by atoms with van der Waals surface area (Å²) >= 11 is 0. The number of rotatable bonds is 6. The van der Waals surface area contributed by atoms with E-state index in [1.165, 1.54) is 5.69 Å². The minimum absolute atomic E-state index is 0.0585. The molecule has 2 heterocycles. The zero-order valence-corrected chi connectivity index (χ0v) is 17.1. The Morgan fingerprint density at radius 3 is 2.56 bits per heavy atom. The van der Waals surface area contributed by atoms with Gasteiger partial charge in [0.2, 0.25) is 0 Å². The van der Waals surface area contributed by atoms with E-state index in [-0.39, 0.29) is 5.60 Å². The zero-order chi connectivity index (χ0) is 19.1. The molecule has 0 saturated carbocycles. The summed E-state index contributed by atoms with van der Waals surface area (Å²) in [6.45, 7) is 11.4. The maximum Gasteiger partial charge on any atom is 0.191 e. The first kappa shape index (κ1) is 20.0. The van der Waals surface area contributed by atoms with Crippen LogP contribution in [0.3, 0.4) is 0 Å². The molecule has 0 spiro atoms. The molecule has 27 heavy (non-hydrogen) atoms. The first-order valence-corrected chi connectivity index (χ1v) is 10.2. The van der Waals surface area contributed by atoms with Crippen LogP contribution in [0.1, 0.15) is 26.7 Å². The van der Waals surface area contributed by atoms with Crippen molar-refractivity contribution in [1.82, 2.24) is 15.5 Å².